The Labute approximate surface area is 103 Å². The topological polar surface area (TPSA) is 61.1 Å². The zero-order valence-corrected chi connectivity index (χ0v) is 10.4. The summed E-state index contributed by atoms with van der Waals surface area (Å²) >= 11 is 6.92. The molecule has 0 saturated carbocycles. The van der Waals surface area contributed by atoms with Crippen LogP contribution in [0.25, 0.3) is 0 Å². The van der Waals surface area contributed by atoms with Gasteiger partial charge in [0.15, 0.2) is 0 Å². The molecule has 0 fully saturated rings. The Morgan fingerprint density at radius 3 is 2.69 bits per heavy atom. The molecule has 0 spiro atoms. The number of nitriles is 1. The summed E-state index contributed by atoms with van der Waals surface area (Å²) in [5.74, 6) is -0.929. The molecule has 0 heterocycles. The SMILES string of the molecule is CC(C)(Sc1cc(Cl)ccc1C#N)C(=O)O. The van der Waals surface area contributed by atoms with Crippen LogP contribution in [0.15, 0.2) is 23.1 Å². The Kier molecular flexibility index (Phi) is 3.84. The first-order valence-electron chi connectivity index (χ1n) is 4.49. The van der Waals surface area contributed by atoms with E-state index >= 15 is 0 Å². The fraction of sp³-hybridized carbons (Fsp3) is 0.273. The van der Waals surface area contributed by atoms with Gasteiger partial charge < -0.3 is 5.11 Å². The van der Waals surface area contributed by atoms with Crippen LogP contribution in [0.3, 0.4) is 0 Å². The average molecular weight is 256 g/mol. The molecule has 0 aromatic heterocycles. The van der Waals surface area contributed by atoms with Gasteiger partial charge in [-0.25, -0.2) is 0 Å². The van der Waals surface area contributed by atoms with E-state index in [0.717, 1.165) is 11.8 Å². The molecular formula is C11H10ClNO2S. The lowest BCUT2D eigenvalue weighted by atomic mass is 10.2. The number of nitrogens with zero attached hydrogens (tertiary/aromatic N) is 1. The van der Waals surface area contributed by atoms with E-state index < -0.39 is 10.7 Å². The number of carbonyl (C=O) groups is 1. The number of hydrogen-bond donors (Lipinski definition) is 1. The maximum absolute atomic E-state index is 11.0. The van der Waals surface area contributed by atoms with E-state index in [1.807, 2.05) is 6.07 Å². The quantitative estimate of drug-likeness (QED) is 0.843. The van der Waals surface area contributed by atoms with Gasteiger partial charge in [-0.2, -0.15) is 5.26 Å². The highest BCUT2D eigenvalue weighted by Gasteiger charge is 2.29. The lowest BCUT2D eigenvalue weighted by Crippen LogP contribution is -2.27. The lowest BCUT2D eigenvalue weighted by molar-refractivity contribution is -0.138. The van der Waals surface area contributed by atoms with E-state index in [2.05, 4.69) is 0 Å². The van der Waals surface area contributed by atoms with Gasteiger partial charge in [-0.15, -0.1) is 11.8 Å². The zero-order chi connectivity index (χ0) is 12.3. The van der Waals surface area contributed by atoms with E-state index in [1.54, 1.807) is 32.0 Å². The molecular weight excluding hydrogens is 246 g/mol. The summed E-state index contributed by atoms with van der Waals surface area (Å²) in [6.07, 6.45) is 0. The summed E-state index contributed by atoms with van der Waals surface area (Å²) < 4.78 is -0.990. The highest BCUT2D eigenvalue weighted by molar-refractivity contribution is 8.01. The second kappa shape index (κ2) is 4.77. The summed E-state index contributed by atoms with van der Waals surface area (Å²) in [5.41, 5.74) is 0.434. The van der Waals surface area contributed by atoms with Crippen molar-refractivity contribution in [1.29, 1.82) is 5.26 Å². The first kappa shape index (κ1) is 12.9. The molecule has 3 nitrogen and oxygen atoms in total. The molecule has 0 unspecified atom stereocenters. The smallest absolute Gasteiger partial charge is 0.319 e. The van der Waals surface area contributed by atoms with Gasteiger partial charge in [-0.3, -0.25) is 4.79 Å². The number of halogens is 1. The van der Waals surface area contributed by atoms with Crippen LogP contribution in [0.2, 0.25) is 5.02 Å². The van der Waals surface area contributed by atoms with Crippen LogP contribution in [-0.2, 0) is 4.79 Å². The lowest BCUT2D eigenvalue weighted by Gasteiger charge is -2.19. The van der Waals surface area contributed by atoms with Crippen molar-refractivity contribution in [3.8, 4) is 6.07 Å². The van der Waals surface area contributed by atoms with E-state index in [-0.39, 0.29) is 0 Å². The Balaban J connectivity index is 3.10. The van der Waals surface area contributed by atoms with Crippen molar-refractivity contribution in [3.63, 3.8) is 0 Å². The van der Waals surface area contributed by atoms with Crippen molar-refractivity contribution in [3.05, 3.63) is 28.8 Å². The van der Waals surface area contributed by atoms with Crippen LogP contribution in [0, 0.1) is 11.3 Å². The summed E-state index contributed by atoms with van der Waals surface area (Å²) in [6, 6.07) is 6.81. The minimum Gasteiger partial charge on any atom is -0.480 e. The third-order valence-corrected chi connectivity index (χ3v) is 3.42. The summed E-state index contributed by atoms with van der Waals surface area (Å²) in [5, 5.41) is 18.4. The van der Waals surface area contributed by atoms with Crippen molar-refractivity contribution < 1.29 is 9.90 Å². The number of aliphatic carboxylic acids is 1. The van der Waals surface area contributed by atoms with Gasteiger partial charge in [0.25, 0.3) is 0 Å². The molecule has 0 radical (unpaired) electrons. The Morgan fingerprint density at radius 2 is 2.19 bits per heavy atom. The fourth-order valence-corrected chi connectivity index (χ4v) is 2.27. The highest BCUT2D eigenvalue weighted by atomic mass is 35.5. The Morgan fingerprint density at radius 1 is 1.56 bits per heavy atom. The summed E-state index contributed by atoms with van der Waals surface area (Å²) in [6.45, 7) is 3.17. The van der Waals surface area contributed by atoms with Crippen LogP contribution in [0.4, 0.5) is 0 Å². The van der Waals surface area contributed by atoms with E-state index in [1.165, 1.54) is 0 Å². The number of carboxylic acid groups (broad SMARTS) is 1. The van der Waals surface area contributed by atoms with Crippen LogP contribution in [-0.4, -0.2) is 15.8 Å². The van der Waals surface area contributed by atoms with Crippen LogP contribution in [0.1, 0.15) is 19.4 Å². The van der Waals surface area contributed by atoms with Crippen molar-refractivity contribution in [2.45, 2.75) is 23.5 Å². The van der Waals surface area contributed by atoms with Gasteiger partial charge in [0.2, 0.25) is 0 Å². The Bertz CT molecular complexity index is 466. The third kappa shape index (κ3) is 2.91. The molecule has 0 atom stereocenters. The largest absolute Gasteiger partial charge is 0.480 e. The molecule has 0 amide bonds. The number of rotatable bonds is 3. The number of benzene rings is 1. The molecule has 1 N–H and O–H groups in total. The normalized spacial score (nSPS) is 10.9. The number of thioether (sulfide) groups is 1. The minimum atomic E-state index is -0.990. The molecule has 1 aromatic rings. The second-order valence-electron chi connectivity index (χ2n) is 3.67. The molecule has 16 heavy (non-hydrogen) atoms. The maximum atomic E-state index is 11.0. The van der Waals surface area contributed by atoms with Crippen molar-refractivity contribution in [1.82, 2.24) is 0 Å². The summed E-state index contributed by atoms with van der Waals surface area (Å²) in [7, 11) is 0. The molecule has 0 bridgehead atoms. The minimum absolute atomic E-state index is 0.434. The van der Waals surface area contributed by atoms with E-state index in [4.69, 9.17) is 22.0 Å². The van der Waals surface area contributed by atoms with Gasteiger partial charge in [0.1, 0.15) is 10.8 Å². The predicted octanol–water partition coefficient (Wildman–Crippen LogP) is 3.17. The summed E-state index contributed by atoms with van der Waals surface area (Å²) in [4.78, 5) is 11.6. The number of hydrogen-bond acceptors (Lipinski definition) is 3. The highest BCUT2D eigenvalue weighted by Crippen LogP contribution is 2.35. The third-order valence-electron chi connectivity index (χ3n) is 1.94. The van der Waals surface area contributed by atoms with Crippen LogP contribution < -0.4 is 0 Å². The molecule has 1 aromatic carbocycles. The average Bonchev–Trinajstić information content (AvgIpc) is 2.17. The molecule has 0 aliphatic rings. The van der Waals surface area contributed by atoms with Crippen molar-refractivity contribution in [2.75, 3.05) is 0 Å². The van der Waals surface area contributed by atoms with Crippen molar-refractivity contribution >= 4 is 29.3 Å². The first-order valence-corrected chi connectivity index (χ1v) is 5.68. The van der Waals surface area contributed by atoms with Gasteiger partial charge in [-0.05, 0) is 32.0 Å². The predicted molar refractivity (Wildman–Crippen MR) is 63.7 cm³/mol. The van der Waals surface area contributed by atoms with Gasteiger partial charge in [0.05, 0.1) is 5.56 Å². The maximum Gasteiger partial charge on any atom is 0.319 e. The molecule has 84 valence electrons. The monoisotopic (exact) mass is 255 g/mol. The standard InChI is InChI=1S/C11H10ClNO2S/c1-11(2,10(14)15)16-9-5-8(12)4-3-7(9)6-13/h3-5H,1-2H3,(H,14,15). The van der Waals surface area contributed by atoms with E-state index in [9.17, 15) is 4.79 Å². The van der Waals surface area contributed by atoms with Gasteiger partial charge in [-0.1, -0.05) is 11.6 Å². The van der Waals surface area contributed by atoms with Gasteiger partial charge >= 0.3 is 5.97 Å². The van der Waals surface area contributed by atoms with E-state index in [0.29, 0.717) is 15.5 Å². The second-order valence-corrected chi connectivity index (χ2v) is 5.77. The molecule has 0 aliphatic heterocycles. The zero-order valence-electron chi connectivity index (χ0n) is 8.82. The molecule has 0 saturated heterocycles. The number of carboxylic acids is 1. The first-order chi connectivity index (χ1) is 7.36. The Hall–Kier alpha value is -1.18. The molecule has 5 heteroatoms. The molecule has 1 rings (SSSR count). The fourth-order valence-electron chi connectivity index (χ4n) is 0.992. The van der Waals surface area contributed by atoms with Gasteiger partial charge in [0, 0.05) is 9.92 Å². The van der Waals surface area contributed by atoms with Crippen molar-refractivity contribution in [2.24, 2.45) is 0 Å². The van der Waals surface area contributed by atoms with Crippen LogP contribution in [0.5, 0.6) is 0 Å². The van der Waals surface area contributed by atoms with Crippen LogP contribution >= 0.6 is 23.4 Å². The molecule has 0 aliphatic carbocycles.